The number of halogens is 3. The number of anilines is 1. The summed E-state index contributed by atoms with van der Waals surface area (Å²) in [4.78, 5) is 1.09. The van der Waals surface area contributed by atoms with Crippen LogP contribution in [0, 0.1) is 0 Å². The second-order valence-corrected chi connectivity index (χ2v) is 5.87. The van der Waals surface area contributed by atoms with E-state index >= 15 is 0 Å². The highest BCUT2D eigenvalue weighted by Crippen LogP contribution is 2.35. The summed E-state index contributed by atoms with van der Waals surface area (Å²) in [5, 5.41) is 11.0. The van der Waals surface area contributed by atoms with E-state index in [1.165, 1.54) is 0 Å². The molecule has 2 aromatic rings. The van der Waals surface area contributed by atoms with Crippen LogP contribution in [0.3, 0.4) is 0 Å². The van der Waals surface area contributed by atoms with E-state index in [-0.39, 0.29) is 11.2 Å². The normalized spacial score (nSPS) is 13.5. The molecule has 0 aliphatic heterocycles. The maximum atomic E-state index is 12.4. The molecule has 1 atom stereocenters. The Labute approximate surface area is 116 Å². The van der Waals surface area contributed by atoms with Gasteiger partial charge in [0.25, 0.3) is 0 Å². The summed E-state index contributed by atoms with van der Waals surface area (Å²) in [5.41, 5.74) is 0. The molecule has 0 aliphatic rings. The first-order chi connectivity index (χ1) is 9.00. The molecule has 8 heteroatoms. The van der Waals surface area contributed by atoms with Crippen LogP contribution >= 0.6 is 22.7 Å². The van der Waals surface area contributed by atoms with Crippen molar-refractivity contribution < 1.29 is 13.2 Å². The first-order valence-corrected chi connectivity index (χ1v) is 7.41. The zero-order chi connectivity index (χ0) is 13.9. The Bertz CT molecular complexity index is 507. The zero-order valence-corrected chi connectivity index (χ0v) is 11.7. The van der Waals surface area contributed by atoms with Gasteiger partial charge in [-0.2, -0.15) is 13.2 Å². The van der Waals surface area contributed by atoms with Crippen molar-refractivity contribution >= 4 is 27.8 Å². The molecule has 0 saturated heterocycles. The smallest absolute Gasteiger partial charge is 0.352 e. The van der Waals surface area contributed by atoms with E-state index < -0.39 is 11.2 Å². The van der Waals surface area contributed by atoms with Gasteiger partial charge in [-0.25, -0.2) is 0 Å². The van der Waals surface area contributed by atoms with E-state index in [9.17, 15) is 13.2 Å². The molecular formula is C11H12F3N3S2. The highest BCUT2D eigenvalue weighted by atomic mass is 32.1. The largest absolute Gasteiger partial charge is 0.445 e. The summed E-state index contributed by atoms with van der Waals surface area (Å²) in [6.45, 7) is 2.03. The SMILES string of the molecule is CCCC(Nc1nnc(C(F)(F)F)s1)c1cccs1. The van der Waals surface area contributed by atoms with Crippen LogP contribution in [0.25, 0.3) is 0 Å². The fourth-order valence-corrected chi connectivity index (χ4v) is 3.08. The van der Waals surface area contributed by atoms with Gasteiger partial charge in [-0.1, -0.05) is 30.7 Å². The molecule has 104 valence electrons. The standard InChI is InChI=1S/C11H12F3N3S2/c1-2-4-7(8-5-3-6-18-8)15-10-17-16-9(19-10)11(12,13)14/h3,5-7H,2,4H2,1H3,(H,15,17). The van der Waals surface area contributed by atoms with Crippen LogP contribution in [0.15, 0.2) is 17.5 Å². The molecule has 19 heavy (non-hydrogen) atoms. The van der Waals surface area contributed by atoms with Crippen LogP contribution in [0.2, 0.25) is 0 Å². The Morgan fingerprint density at radius 2 is 2.16 bits per heavy atom. The molecule has 0 saturated carbocycles. The third-order valence-corrected chi connectivity index (χ3v) is 4.31. The van der Waals surface area contributed by atoms with E-state index in [0.29, 0.717) is 11.3 Å². The van der Waals surface area contributed by atoms with Crippen molar-refractivity contribution in [3.63, 3.8) is 0 Å². The fraction of sp³-hybridized carbons (Fsp3) is 0.455. The van der Waals surface area contributed by atoms with Gasteiger partial charge in [0.1, 0.15) is 0 Å². The van der Waals surface area contributed by atoms with Gasteiger partial charge in [0.05, 0.1) is 6.04 Å². The second kappa shape index (κ2) is 5.87. The predicted octanol–water partition coefficient (Wildman–Crippen LogP) is 4.57. The first-order valence-electron chi connectivity index (χ1n) is 5.71. The monoisotopic (exact) mass is 307 g/mol. The van der Waals surface area contributed by atoms with Gasteiger partial charge in [0.15, 0.2) is 0 Å². The van der Waals surface area contributed by atoms with Crippen LogP contribution in [-0.2, 0) is 6.18 Å². The lowest BCUT2D eigenvalue weighted by molar-refractivity contribution is -0.138. The zero-order valence-electron chi connectivity index (χ0n) is 10.1. The molecule has 0 bridgehead atoms. The molecular weight excluding hydrogens is 295 g/mol. The molecule has 1 unspecified atom stereocenters. The van der Waals surface area contributed by atoms with Gasteiger partial charge >= 0.3 is 6.18 Å². The number of thiophene rings is 1. The molecule has 0 aliphatic carbocycles. The van der Waals surface area contributed by atoms with Crippen molar-refractivity contribution in [1.29, 1.82) is 0 Å². The number of nitrogens with zero attached hydrogens (tertiary/aromatic N) is 2. The van der Waals surface area contributed by atoms with Crippen molar-refractivity contribution in [2.45, 2.75) is 32.0 Å². The maximum absolute atomic E-state index is 12.4. The predicted molar refractivity (Wildman–Crippen MR) is 70.5 cm³/mol. The lowest BCUT2D eigenvalue weighted by atomic mass is 10.1. The Hall–Kier alpha value is -1.15. The molecule has 0 aromatic carbocycles. The summed E-state index contributed by atoms with van der Waals surface area (Å²) < 4.78 is 37.3. The van der Waals surface area contributed by atoms with Gasteiger partial charge in [-0.15, -0.1) is 21.5 Å². The lowest BCUT2D eigenvalue weighted by Crippen LogP contribution is -2.08. The quantitative estimate of drug-likeness (QED) is 0.879. The van der Waals surface area contributed by atoms with E-state index in [2.05, 4.69) is 15.5 Å². The van der Waals surface area contributed by atoms with Gasteiger partial charge < -0.3 is 5.32 Å². The average molecular weight is 307 g/mol. The van der Waals surface area contributed by atoms with E-state index in [4.69, 9.17) is 0 Å². The van der Waals surface area contributed by atoms with Crippen LogP contribution in [-0.4, -0.2) is 10.2 Å². The van der Waals surface area contributed by atoms with Gasteiger partial charge in [0.2, 0.25) is 10.1 Å². The number of aromatic nitrogens is 2. The Morgan fingerprint density at radius 1 is 1.37 bits per heavy atom. The molecule has 2 aromatic heterocycles. The summed E-state index contributed by atoms with van der Waals surface area (Å²) >= 11 is 2.11. The minimum absolute atomic E-state index is 0.0148. The molecule has 3 nitrogen and oxygen atoms in total. The molecule has 0 amide bonds. The minimum atomic E-state index is -4.43. The Morgan fingerprint density at radius 3 is 2.68 bits per heavy atom. The van der Waals surface area contributed by atoms with Gasteiger partial charge in [-0.05, 0) is 17.9 Å². The number of hydrogen-bond donors (Lipinski definition) is 1. The van der Waals surface area contributed by atoms with Crippen LogP contribution < -0.4 is 5.32 Å². The van der Waals surface area contributed by atoms with Crippen LogP contribution in [0.1, 0.15) is 35.7 Å². The highest BCUT2D eigenvalue weighted by Gasteiger charge is 2.35. The van der Waals surface area contributed by atoms with Crippen LogP contribution in [0.4, 0.5) is 18.3 Å². The third kappa shape index (κ3) is 3.66. The van der Waals surface area contributed by atoms with Crippen molar-refractivity contribution in [3.05, 3.63) is 27.4 Å². The molecule has 0 radical (unpaired) electrons. The summed E-state index contributed by atoms with van der Waals surface area (Å²) in [6, 6.07) is 3.87. The fourth-order valence-electron chi connectivity index (χ4n) is 1.61. The van der Waals surface area contributed by atoms with Gasteiger partial charge in [-0.3, -0.25) is 0 Å². The molecule has 2 rings (SSSR count). The van der Waals surface area contributed by atoms with Crippen LogP contribution in [0.5, 0.6) is 0 Å². The maximum Gasteiger partial charge on any atom is 0.445 e. The van der Waals surface area contributed by atoms with E-state index in [0.717, 1.165) is 17.7 Å². The molecule has 0 fully saturated rings. The first kappa shape index (κ1) is 14.3. The molecule has 0 spiro atoms. The average Bonchev–Trinajstić information content (AvgIpc) is 2.98. The topological polar surface area (TPSA) is 37.8 Å². The number of nitrogens with one attached hydrogen (secondary N) is 1. The molecule has 2 heterocycles. The van der Waals surface area contributed by atoms with Crippen molar-refractivity contribution in [2.24, 2.45) is 0 Å². The number of alkyl halides is 3. The summed E-state index contributed by atoms with van der Waals surface area (Å²) in [7, 11) is 0. The number of rotatable bonds is 5. The van der Waals surface area contributed by atoms with Crippen molar-refractivity contribution in [3.8, 4) is 0 Å². The van der Waals surface area contributed by atoms with E-state index in [1.807, 2.05) is 24.4 Å². The Kier molecular flexibility index (Phi) is 4.41. The lowest BCUT2D eigenvalue weighted by Gasteiger charge is -2.15. The van der Waals surface area contributed by atoms with Crippen molar-refractivity contribution in [1.82, 2.24) is 10.2 Å². The third-order valence-electron chi connectivity index (χ3n) is 2.43. The second-order valence-electron chi connectivity index (χ2n) is 3.91. The highest BCUT2D eigenvalue weighted by molar-refractivity contribution is 7.15. The van der Waals surface area contributed by atoms with Gasteiger partial charge in [0, 0.05) is 4.88 Å². The minimum Gasteiger partial charge on any atom is -0.352 e. The van der Waals surface area contributed by atoms with Crippen molar-refractivity contribution in [2.75, 3.05) is 5.32 Å². The molecule has 1 N–H and O–H groups in total. The van der Waals surface area contributed by atoms with E-state index in [1.54, 1.807) is 11.3 Å². The Balaban J connectivity index is 2.11. The number of hydrogen-bond acceptors (Lipinski definition) is 5. The summed E-state index contributed by atoms with van der Waals surface area (Å²) in [6.07, 6.45) is -2.66. The summed E-state index contributed by atoms with van der Waals surface area (Å²) in [5.74, 6) is 0.